The molecule has 236 valence electrons. The number of nitrogens with zero attached hydrogens (tertiary/aromatic N) is 4. The van der Waals surface area contributed by atoms with Crippen LogP contribution < -0.4 is 19.8 Å². The number of carbonyl (C=O) groups excluding carboxylic acids is 1. The van der Waals surface area contributed by atoms with E-state index in [4.69, 9.17) is 23.9 Å². The Hall–Kier alpha value is -5.26. The van der Waals surface area contributed by atoms with E-state index in [1.54, 1.807) is 31.2 Å². The Morgan fingerprint density at radius 3 is 2.47 bits per heavy atom. The summed E-state index contributed by atoms with van der Waals surface area (Å²) in [7, 11) is 1.32. The van der Waals surface area contributed by atoms with E-state index >= 15 is 0 Å². The number of fused-ring (bicyclic) bond motifs is 1. The van der Waals surface area contributed by atoms with Crippen LogP contribution in [-0.2, 0) is 9.53 Å². The van der Waals surface area contributed by atoms with Crippen molar-refractivity contribution in [2.24, 2.45) is 5.10 Å². The molecule has 0 unspecified atom stereocenters. The van der Waals surface area contributed by atoms with Gasteiger partial charge in [-0.2, -0.15) is 9.78 Å². The topological polar surface area (TPSA) is 144 Å². The number of nitro benzene ring substituents is 1. The van der Waals surface area contributed by atoms with Crippen LogP contribution in [0.2, 0.25) is 0 Å². The molecule has 1 aromatic heterocycles. The molecule has 0 N–H and O–H groups in total. The lowest BCUT2D eigenvalue weighted by atomic mass is 9.96. The summed E-state index contributed by atoms with van der Waals surface area (Å²) in [5.74, 6) is 0.246. The minimum atomic E-state index is -1.13. The Kier molecular flexibility index (Phi) is 10.2. The van der Waals surface area contributed by atoms with E-state index in [2.05, 4.69) is 18.9 Å². The van der Waals surface area contributed by atoms with Crippen molar-refractivity contribution < 1.29 is 28.7 Å². The van der Waals surface area contributed by atoms with Gasteiger partial charge >= 0.3 is 11.7 Å². The van der Waals surface area contributed by atoms with Crippen LogP contribution >= 0.6 is 0 Å². The number of nitro groups is 1. The SMILES string of the molecule is CCOC(=O)[C@@H](C)Oc1c(OC)cc(C=Nn2c(-c3cc(C(C)C)c(OCC)cc3C)nc3ccccc3c2=O)cc1[N+](=O)[O-]. The Morgan fingerprint density at radius 2 is 1.82 bits per heavy atom. The summed E-state index contributed by atoms with van der Waals surface area (Å²) in [5, 5.41) is 16.9. The Bertz CT molecular complexity index is 1830. The molecular weight excluding hydrogens is 580 g/mol. The first-order valence-electron chi connectivity index (χ1n) is 14.5. The van der Waals surface area contributed by atoms with E-state index in [0.29, 0.717) is 28.9 Å². The van der Waals surface area contributed by atoms with Gasteiger partial charge in [0.05, 0.1) is 42.4 Å². The average molecular weight is 617 g/mol. The van der Waals surface area contributed by atoms with Crippen LogP contribution in [0.5, 0.6) is 17.2 Å². The highest BCUT2D eigenvalue weighted by Gasteiger charge is 2.27. The van der Waals surface area contributed by atoms with E-state index in [1.807, 2.05) is 26.0 Å². The van der Waals surface area contributed by atoms with Crippen molar-refractivity contribution in [3.05, 3.63) is 85.7 Å². The largest absolute Gasteiger partial charge is 0.494 e. The summed E-state index contributed by atoms with van der Waals surface area (Å²) in [6.45, 7) is 11.6. The maximum Gasteiger partial charge on any atom is 0.347 e. The fraction of sp³-hybridized carbons (Fsp3) is 0.333. The first-order valence-corrected chi connectivity index (χ1v) is 14.5. The van der Waals surface area contributed by atoms with Crippen LogP contribution in [0.4, 0.5) is 5.69 Å². The molecule has 0 saturated heterocycles. The van der Waals surface area contributed by atoms with E-state index < -0.39 is 28.2 Å². The Balaban J connectivity index is 1.90. The van der Waals surface area contributed by atoms with Gasteiger partial charge in [0.15, 0.2) is 17.7 Å². The van der Waals surface area contributed by atoms with E-state index in [0.717, 1.165) is 16.9 Å². The Labute approximate surface area is 260 Å². The average Bonchev–Trinajstić information content (AvgIpc) is 3.01. The molecule has 0 bridgehead atoms. The number of carbonyl (C=O) groups is 1. The third-order valence-electron chi connectivity index (χ3n) is 6.98. The van der Waals surface area contributed by atoms with Crippen LogP contribution in [0, 0.1) is 17.0 Å². The number of ether oxygens (including phenoxy) is 4. The zero-order valence-corrected chi connectivity index (χ0v) is 26.3. The van der Waals surface area contributed by atoms with Gasteiger partial charge in [0.25, 0.3) is 5.56 Å². The Morgan fingerprint density at radius 1 is 1.09 bits per heavy atom. The number of rotatable bonds is 12. The number of esters is 1. The lowest BCUT2D eigenvalue weighted by Gasteiger charge is -2.18. The van der Waals surface area contributed by atoms with Gasteiger partial charge in [-0.1, -0.05) is 26.0 Å². The molecule has 0 spiro atoms. The standard InChI is InChI=1S/C33H36N4O8/c1-8-43-28-14-20(5)25(17-24(28)19(3)4)31-35-26-13-11-10-12-23(26)32(38)36(31)34-18-22-15-27(37(40)41)30(29(16-22)42-7)45-21(6)33(39)44-9-2/h10-19,21H,8-9H2,1-7H3/t21-/m1/s1. The summed E-state index contributed by atoms with van der Waals surface area (Å²) in [5.41, 5.74) is 2.31. The lowest BCUT2D eigenvalue weighted by Crippen LogP contribution is -2.26. The van der Waals surface area contributed by atoms with Gasteiger partial charge in [-0.25, -0.2) is 9.78 Å². The predicted octanol–water partition coefficient (Wildman–Crippen LogP) is 6.02. The fourth-order valence-corrected chi connectivity index (χ4v) is 4.77. The maximum atomic E-state index is 13.8. The van der Waals surface area contributed by atoms with Crippen LogP contribution in [0.3, 0.4) is 0 Å². The van der Waals surface area contributed by atoms with Gasteiger partial charge in [0, 0.05) is 17.2 Å². The van der Waals surface area contributed by atoms with Gasteiger partial charge in [-0.3, -0.25) is 14.9 Å². The second kappa shape index (κ2) is 14.0. The number of aromatic nitrogens is 2. The minimum absolute atomic E-state index is 0.00469. The smallest absolute Gasteiger partial charge is 0.347 e. The number of methoxy groups -OCH3 is 1. The minimum Gasteiger partial charge on any atom is -0.494 e. The first-order chi connectivity index (χ1) is 21.5. The first kappa shape index (κ1) is 32.6. The number of benzene rings is 3. The van der Waals surface area contributed by atoms with Crippen molar-refractivity contribution in [3.8, 4) is 28.6 Å². The molecular formula is C33H36N4O8. The summed E-state index contributed by atoms with van der Waals surface area (Å²) in [4.78, 5) is 42.2. The molecule has 1 heterocycles. The molecule has 0 aliphatic rings. The lowest BCUT2D eigenvalue weighted by molar-refractivity contribution is -0.386. The maximum absolute atomic E-state index is 13.8. The molecule has 12 nitrogen and oxygen atoms in total. The van der Waals surface area contributed by atoms with Crippen molar-refractivity contribution in [3.63, 3.8) is 0 Å². The van der Waals surface area contributed by atoms with Crippen LogP contribution in [0.1, 0.15) is 57.2 Å². The van der Waals surface area contributed by atoms with Gasteiger partial charge in [0.1, 0.15) is 5.75 Å². The molecule has 0 aliphatic carbocycles. The number of hydrogen-bond acceptors (Lipinski definition) is 10. The summed E-state index contributed by atoms with van der Waals surface area (Å²) in [6, 6.07) is 13.5. The van der Waals surface area contributed by atoms with E-state index in [-0.39, 0.29) is 29.6 Å². The molecule has 4 aromatic rings. The highest BCUT2D eigenvalue weighted by molar-refractivity contribution is 5.85. The number of aryl methyl sites for hydroxylation is 1. The molecule has 0 aliphatic heterocycles. The summed E-state index contributed by atoms with van der Waals surface area (Å²) >= 11 is 0. The summed E-state index contributed by atoms with van der Waals surface area (Å²) < 4.78 is 23.0. The van der Waals surface area contributed by atoms with Crippen LogP contribution in [-0.4, -0.2) is 53.2 Å². The monoisotopic (exact) mass is 616 g/mol. The molecule has 0 saturated carbocycles. The molecule has 3 aromatic carbocycles. The van der Waals surface area contributed by atoms with Crippen LogP contribution in [0.25, 0.3) is 22.3 Å². The van der Waals surface area contributed by atoms with Gasteiger partial charge < -0.3 is 18.9 Å². The highest BCUT2D eigenvalue weighted by atomic mass is 16.6. The molecule has 0 fully saturated rings. The van der Waals surface area contributed by atoms with E-state index in [9.17, 15) is 19.7 Å². The number of hydrogen-bond donors (Lipinski definition) is 0. The molecule has 45 heavy (non-hydrogen) atoms. The quantitative estimate of drug-likeness (QED) is 0.0807. The third-order valence-corrected chi connectivity index (χ3v) is 6.98. The van der Waals surface area contributed by atoms with Gasteiger partial charge in [-0.05, 0) is 75.1 Å². The van der Waals surface area contributed by atoms with Crippen molar-refractivity contribution >= 4 is 28.8 Å². The zero-order valence-electron chi connectivity index (χ0n) is 26.3. The van der Waals surface area contributed by atoms with Crippen molar-refractivity contribution in [1.82, 2.24) is 9.66 Å². The van der Waals surface area contributed by atoms with Crippen molar-refractivity contribution in [1.29, 1.82) is 0 Å². The molecule has 1 atom stereocenters. The highest BCUT2D eigenvalue weighted by Crippen LogP contribution is 2.39. The third kappa shape index (κ3) is 6.95. The predicted molar refractivity (Wildman–Crippen MR) is 171 cm³/mol. The molecule has 0 amide bonds. The van der Waals surface area contributed by atoms with Crippen molar-refractivity contribution in [2.75, 3.05) is 20.3 Å². The fourth-order valence-electron chi connectivity index (χ4n) is 4.77. The molecule has 4 rings (SSSR count). The summed E-state index contributed by atoms with van der Waals surface area (Å²) in [6.07, 6.45) is 0.179. The van der Waals surface area contributed by atoms with Crippen LogP contribution in [0.15, 0.2) is 58.4 Å². The van der Waals surface area contributed by atoms with Gasteiger partial charge in [-0.15, -0.1) is 0 Å². The molecule has 0 radical (unpaired) electrons. The van der Waals surface area contributed by atoms with E-state index in [1.165, 1.54) is 37.1 Å². The molecule has 12 heteroatoms. The second-order valence-corrected chi connectivity index (χ2v) is 10.4. The second-order valence-electron chi connectivity index (χ2n) is 10.4. The number of para-hydroxylation sites is 1. The zero-order chi connectivity index (χ0) is 32.8. The normalized spacial score (nSPS) is 12.0. The van der Waals surface area contributed by atoms with Crippen molar-refractivity contribution in [2.45, 2.75) is 53.6 Å². The van der Waals surface area contributed by atoms with Gasteiger partial charge in [0.2, 0.25) is 5.75 Å².